The van der Waals surface area contributed by atoms with Crippen molar-refractivity contribution >= 4 is 87.8 Å². The van der Waals surface area contributed by atoms with E-state index >= 15 is 0 Å². The lowest BCUT2D eigenvalue weighted by Crippen LogP contribution is -2.34. The minimum atomic E-state index is -2.10. The van der Waals surface area contributed by atoms with Crippen molar-refractivity contribution in [2.45, 2.75) is 48.4 Å². The van der Waals surface area contributed by atoms with Crippen LogP contribution in [-0.2, 0) is 28.2 Å². The van der Waals surface area contributed by atoms with Gasteiger partial charge in [-0.25, -0.2) is 26.9 Å². The molecule has 17 aromatic rings. The molecule has 8 heterocycles. The number of furan rings is 4. The summed E-state index contributed by atoms with van der Waals surface area (Å²) >= 11 is 0. The first-order valence-corrected chi connectivity index (χ1v) is 31.8. The second-order valence-electron chi connectivity index (χ2n) is 24.8. The zero-order valence-corrected chi connectivity index (χ0v) is 55.0. The van der Waals surface area contributed by atoms with Gasteiger partial charge < -0.3 is 17.7 Å². The van der Waals surface area contributed by atoms with Gasteiger partial charge in [0.1, 0.15) is 90.3 Å². The van der Waals surface area contributed by atoms with Crippen LogP contribution in [0.15, 0.2) is 249 Å². The van der Waals surface area contributed by atoms with Crippen molar-refractivity contribution in [1.82, 2.24) is 0 Å². The number of halogens is 3. The molecule has 0 aliphatic heterocycles. The Bertz CT molecular complexity index is 6050. The lowest BCUT2D eigenvalue weighted by molar-refractivity contribution is -0.666. The first kappa shape index (κ1) is 58.4. The predicted molar refractivity (Wildman–Crippen MR) is 380 cm³/mol. The largest absolute Gasteiger partial charge is 0.456 e. The summed E-state index contributed by atoms with van der Waals surface area (Å²) in [4.78, 5) is 0. The SMILES string of the molecule is Cc1cc2oc3c(-c4ccccc4)c(F)ccc3c2cc1-c1cccc[n+]1C.Cc1cc2oc3c(C)c(F)ccc3c2cc1-c1cccc[n+]1C.Cc1cc2oc3cc(F)ccc3c2cc1-c1cccc(C)[n+]1C.[2H]C([2H])([2H])c1ccc(-c2cc3c(cc2C)oc2ccccc23)[n+](C)c1. The summed E-state index contributed by atoms with van der Waals surface area (Å²) in [5.74, 6) is -0.786. The quantitative estimate of drug-likeness (QED) is 0.161. The second-order valence-corrected chi connectivity index (χ2v) is 24.8. The van der Waals surface area contributed by atoms with Crippen LogP contribution in [0, 0.1) is 65.8 Å². The molecule has 9 aromatic carbocycles. The molecule has 11 heteroatoms. The molecule has 0 saturated carbocycles. The molecule has 0 amide bonds. The topological polar surface area (TPSA) is 68.1 Å². The maximum absolute atomic E-state index is 14.7. The van der Waals surface area contributed by atoms with E-state index in [1.807, 2.05) is 154 Å². The molecule has 0 atom stereocenters. The average Bonchev–Trinajstić information content (AvgIpc) is 1.64. The predicted octanol–water partition coefficient (Wildman–Crippen LogP) is 20.6. The Hall–Kier alpha value is -11.4. The van der Waals surface area contributed by atoms with Gasteiger partial charge >= 0.3 is 0 Å². The molecule has 0 aliphatic carbocycles. The van der Waals surface area contributed by atoms with Crippen LogP contribution in [0.25, 0.3) is 144 Å². The van der Waals surface area contributed by atoms with Crippen LogP contribution in [0.3, 0.4) is 0 Å². The smallest absolute Gasteiger partial charge is 0.212 e. The van der Waals surface area contributed by atoms with Crippen LogP contribution in [-0.4, -0.2) is 0 Å². The van der Waals surface area contributed by atoms with E-state index in [9.17, 15) is 13.2 Å². The Kier molecular flexibility index (Phi) is 15.3. The molecule has 0 bridgehead atoms. The summed E-state index contributed by atoms with van der Waals surface area (Å²) < 4.78 is 96.8. The average molecular weight is 1270 g/mol. The van der Waals surface area contributed by atoms with E-state index in [2.05, 4.69) is 109 Å². The summed E-state index contributed by atoms with van der Waals surface area (Å²) in [5.41, 5.74) is 22.7. The van der Waals surface area contributed by atoms with Crippen molar-refractivity contribution in [3.63, 3.8) is 0 Å². The number of hydrogen-bond donors (Lipinski definition) is 0. The molecular formula is C85H71F3N4O4+4. The van der Waals surface area contributed by atoms with Crippen molar-refractivity contribution < 1.29 is 53.2 Å². The standard InChI is InChI=1S/C25H19FNO.2C20H17FNO.C20H18NO/c1-16-14-23-20(15-19(16)22-10-6-7-13-27(22)2)18-11-12-21(26)24(25(18)28-23)17-8-4-3-5-9-17;1-12-9-19-17(15-8-7-14(21)10-20(15)23-19)11-16(12)18-6-4-5-13(2)22(18)3;1-12-10-19-16(11-15(12)18-6-4-5-9-22(18)3)14-7-8-17(21)13(2)20(14)23-19;1-13-8-9-18(21(3)12-13)16-11-17-15-6-4-5-7-19(15)22-20(17)10-14(16)2/h3-15H,1-2H3;2*4-11H,1-3H3;4-12H,1-3H3/q4*+1/i;;;1D3. The fourth-order valence-electron chi connectivity index (χ4n) is 13.3. The lowest BCUT2D eigenvalue weighted by Gasteiger charge is -2.06. The third-order valence-electron chi connectivity index (χ3n) is 18.5. The van der Waals surface area contributed by atoms with Gasteiger partial charge in [0.25, 0.3) is 0 Å². The highest BCUT2D eigenvalue weighted by Crippen LogP contribution is 2.42. The van der Waals surface area contributed by atoms with E-state index in [4.69, 9.17) is 21.8 Å². The van der Waals surface area contributed by atoms with Gasteiger partial charge in [-0.3, -0.25) is 0 Å². The zero-order chi connectivity index (χ0) is 69.3. The summed E-state index contributed by atoms with van der Waals surface area (Å²) in [5, 5.41) is 8.01. The van der Waals surface area contributed by atoms with E-state index < -0.39 is 6.85 Å². The molecule has 0 unspecified atom stereocenters. The lowest BCUT2D eigenvalue weighted by atomic mass is 9.99. The first-order chi connectivity index (χ1) is 47.6. The van der Waals surface area contributed by atoms with Gasteiger partial charge in [0, 0.05) is 136 Å². The van der Waals surface area contributed by atoms with Crippen LogP contribution >= 0.6 is 0 Å². The minimum absolute atomic E-state index is 0.233. The van der Waals surface area contributed by atoms with E-state index in [1.165, 1.54) is 30.0 Å². The van der Waals surface area contributed by atoms with Gasteiger partial charge in [-0.05, 0) is 185 Å². The molecule has 0 radical (unpaired) electrons. The molecule has 8 nitrogen and oxygen atoms in total. The number of benzene rings is 9. The molecule has 96 heavy (non-hydrogen) atoms. The number of aryl methyl sites for hydroxylation is 10. The third kappa shape index (κ3) is 11.4. The zero-order valence-electron chi connectivity index (χ0n) is 58.0. The van der Waals surface area contributed by atoms with Gasteiger partial charge in [-0.1, -0.05) is 48.5 Å². The van der Waals surface area contributed by atoms with E-state index in [-0.39, 0.29) is 17.5 Å². The van der Waals surface area contributed by atoms with Crippen LogP contribution in [0.1, 0.15) is 43.2 Å². The van der Waals surface area contributed by atoms with Crippen molar-refractivity contribution in [3.8, 4) is 56.2 Å². The van der Waals surface area contributed by atoms with Gasteiger partial charge in [-0.2, -0.15) is 4.57 Å². The highest BCUT2D eigenvalue weighted by Gasteiger charge is 2.23. The molecule has 0 fully saturated rings. The summed E-state index contributed by atoms with van der Waals surface area (Å²) in [6.45, 7) is 10.0. The Morgan fingerprint density at radius 2 is 0.802 bits per heavy atom. The maximum Gasteiger partial charge on any atom is 0.212 e. The van der Waals surface area contributed by atoms with Crippen LogP contribution in [0.4, 0.5) is 13.2 Å². The van der Waals surface area contributed by atoms with Gasteiger partial charge in [0.2, 0.25) is 22.8 Å². The highest BCUT2D eigenvalue weighted by atomic mass is 19.1. The molecule has 8 aromatic heterocycles. The van der Waals surface area contributed by atoms with Gasteiger partial charge in [0.15, 0.2) is 24.3 Å². The van der Waals surface area contributed by atoms with Crippen molar-refractivity contribution in [3.05, 3.63) is 287 Å². The van der Waals surface area contributed by atoms with Crippen molar-refractivity contribution in [2.75, 3.05) is 0 Å². The number of hydrogen-bond acceptors (Lipinski definition) is 4. The molecule has 0 N–H and O–H groups in total. The summed E-state index contributed by atoms with van der Waals surface area (Å²) in [6, 6.07) is 67.7. The molecule has 0 aliphatic rings. The Morgan fingerprint density at radius 3 is 1.39 bits per heavy atom. The van der Waals surface area contributed by atoms with E-state index in [0.29, 0.717) is 33.4 Å². The van der Waals surface area contributed by atoms with E-state index in [1.54, 1.807) is 31.3 Å². The fourth-order valence-corrected chi connectivity index (χ4v) is 13.3. The summed E-state index contributed by atoms with van der Waals surface area (Å²) in [7, 11) is 8.01. The first-order valence-electron chi connectivity index (χ1n) is 33.3. The molecule has 17 rings (SSSR count). The number of aromatic nitrogens is 4. The molecule has 0 saturated heterocycles. The normalized spacial score (nSPS) is 12.0. The molecule has 472 valence electrons. The van der Waals surface area contributed by atoms with Gasteiger partial charge in [-0.15, -0.1) is 0 Å². The maximum atomic E-state index is 14.7. The monoisotopic (exact) mass is 1270 g/mol. The number of para-hydroxylation sites is 1. The highest BCUT2D eigenvalue weighted by molar-refractivity contribution is 6.12. The Labute approximate surface area is 558 Å². The van der Waals surface area contributed by atoms with Gasteiger partial charge in [0.05, 0.1) is 5.56 Å². The second kappa shape index (κ2) is 25.1. The molecular weight excluding hydrogens is 1200 g/mol. The number of rotatable bonds is 5. The number of pyridine rings is 4. The fraction of sp³-hybridized carbons (Fsp3) is 0.129. The van der Waals surface area contributed by atoms with Crippen LogP contribution in [0.5, 0.6) is 0 Å². The number of fused-ring (bicyclic) bond motifs is 12. The van der Waals surface area contributed by atoms with E-state index in [0.717, 1.165) is 144 Å². The number of nitrogens with zero attached hydrogens (tertiary/aromatic N) is 4. The van der Waals surface area contributed by atoms with Crippen LogP contribution in [0.2, 0.25) is 0 Å². The van der Waals surface area contributed by atoms with Crippen molar-refractivity contribution in [2.24, 2.45) is 28.2 Å². The molecule has 0 spiro atoms. The van der Waals surface area contributed by atoms with Crippen LogP contribution < -0.4 is 18.3 Å². The Morgan fingerprint density at radius 1 is 0.344 bits per heavy atom. The Balaban J connectivity index is 0.000000113. The third-order valence-corrected chi connectivity index (χ3v) is 18.5. The minimum Gasteiger partial charge on any atom is -0.456 e. The van der Waals surface area contributed by atoms with Crippen molar-refractivity contribution in [1.29, 1.82) is 0 Å². The summed E-state index contributed by atoms with van der Waals surface area (Å²) in [6.07, 6.45) is 5.75.